The standard InChI is InChI=1S/C13H19N5/c1-10(17(2)11-3-4-11)9-15-13-12-5-6-16-18(12)8-7-14-13/h5-8,10-11H,3-4,9H2,1-2H3,(H,14,15). The van der Waals surface area contributed by atoms with Crippen molar-refractivity contribution in [2.75, 3.05) is 18.9 Å². The Bertz CT molecular complexity index is 531. The predicted molar refractivity (Wildman–Crippen MR) is 71.7 cm³/mol. The van der Waals surface area contributed by atoms with Crippen LogP contribution in [0.25, 0.3) is 5.52 Å². The minimum absolute atomic E-state index is 0.516. The van der Waals surface area contributed by atoms with Crippen molar-refractivity contribution in [2.45, 2.75) is 31.8 Å². The Morgan fingerprint density at radius 3 is 3.11 bits per heavy atom. The van der Waals surface area contributed by atoms with E-state index in [0.29, 0.717) is 6.04 Å². The van der Waals surface area contributed by atoms with Crippen molar-refractivity contribution in [2.24, 2.45) is 0 Å². The first-order chi connectivity index (χ1) is 8.75. The molecule has 0 radical (unpaired) electrons. The van der Waals surface area contributed by atoms with Crippen molar-refractivity contribution in [1.29, 1.82) is 0 Å². The molecule has 1 fully saturated rings. The first-order valence-corrected chi connectivity index (χ1v) is 6.50. The smallest absolute Gasteiger partial charge is 0.152 e. The van der Waals surface area contributed by atoms with Crippen LogP contribution in [0.3, 0.4) is 0 Å². The van der Waals surface area contributed by atoms with Crippen LogP contribution in [0.2, 0.25) is 0 Å². The third-order valence-corrected chi connectivity index (χ3v) is 3.71. The molecule has 1 saturated carbocycles. The summed E-state index contributed by atoms with van der Waals surface area (Å²) in [4.78, 5) is 6.83. The van der Waals surface area contributed by atoms with Gasteiger partial charge in [0.15, 0.2) is 5.82 Å². The molecule has 5 nitrogen and oxygen atoms in total. The van der Waals surface area contributed by atoms with Crippen LogP contribution in [0.1, 0.15) is 19.8 Å². The van der Waals surface area contributed by atoms with Gasteiger partial charge in [-0.05, 0) is 32.9 Å². The zero-order valence-electron chi connectivity index (χ0n) is 10.9. The molecular formula is C13H19N5. The largest absolute Gasteiger partial charge is 0.367 e. The fourth-order valence-electron chi connectivity index (χ4n) is 2.22. The van der Waals surface area contributed by atoms with Gasteiger partial charge in [-0.1, -0.05) is 0 Å². The number of likely N-dealkylation sites (N-methyl/N-ethyl adjacent to an activating group) is 1. The van der Waals surface area contributed by atoms with Gasteiger partial charge in [0.2, 0.25) is 0 Å². The molecule has 5 heteroatoms. The highest BCUT2D eigenvalue weighted by Crippen LogP contribution is 2.27. The summed E-state index contributed by atoms with van der Waals surface area (Å²) >= 11 is 0. The van der Waals surface area contributed by atoms with E-state index in [1.807, 2.05) is 16.8 Å². The molecule has 0 saturated heterocycles. The molecule has 0 aliphatic heterocycles. The van der Waals surface area contributed by atoms with Crippen molar-refractivity contribution in [1.82, 2.24) is 19.5 Å². The average Bonchev–Trinajstić information content (AvgIpc) is 3.12. The highest BCUT2D eigenvalue weighted by Gasteiger charge is 2.28. The lowest BCUT2D eigenvalue weighted by Crippen LogP contribution is -2.36. The van der Waals surface area contributed by atoms with E-state index >= 15 is 0 Å². The molecule has 1 atom stereocenters. The van der Waals surface area contributed by atoms with E-state index in [-0.39, 0.29) is 0 Å². The van der Waals surface area contributed by atoms with Crippen molar-refractivity contribution < 1.29 is 0 Å². The van der Waals surface area contributed by atoms with E-state index in [0.717, 1.165) is 23.9 Å². The fourth-order valence-corrected chi connectivity index (χ4v) is 2.22. The summed E-state index contributed by atoms with van der Waals surface area (Å²) < 4.78 is 1.84. The maximum absolute atomic E-state index is 4.38. The molecule has 18 heavy (non-hydrogen) atoms. The molecule has 0 bridgehead atoms. The second-order valence-electron chi connectivity index (χ2n) is 5.06. The molecule has 3 rings (SSSR count). The van der Waals surface area contributed by atoms with Crippen molar-refractivity contribution in [3.63, 3.8) is 0 Å². The molecule has 0 aromatic carbocycles. The molecule has 1 aliphatic rings. The van der Waals surface area contributed by atoms with Crippen LogP contribution in [0.15, 0.2) is 24.7 Å². The lowest BCUT2D eigenvalue weighted by atomic mass is 10.3. The SMILES string of the molecule is CC(CNc1nccn2nccc12)N(C)C1CC1. The zero-order valence-corrected chi connectivity index (χ0v) is 10.9. The Kier molecular flexibility index (Phi) is 2.91. The number of aromatic nitrogens is 3. The molecule has 2 aromatic heterocycles. The van der Waals surface area contributed by atoms with E-state index in [1.54, 1.807) is 12.4 Å². The third kappa shape index (κ3) is 2.18. The summed E-state index contributed by atoms with van der Waals surface area (Å²) in [5.74, 6) is 0.908. The number of nitrogens with one attached hydrogen (secondary N) is 1. The molecule has 2 heterocycles. The van der Waals surface area contributed by atoms with E-state index in [2.05, 4.69) is 34.3 Å². The molecule has 1 N–H and O–H groups in total. The van der Waals surface area contributed by atoms with Gasteiger partial charge in [0.05, 0.1) is 6.20 Å². The number of fused-ring (bicyclic) bond motifs is 1. The van der Waals surface area contributed by atoms with Crippen molar-refractivity contribution in [3.8, 4) is 0 Å². The van der Waals surface area contributed by atoms with E-state index < -0.39 is 0 Å². The number of rotatable bonds is 5. The Balaban J connectivity index is 1.67. The van der Waals surface area contributed by atoms with Gasteiger partial charge in [0.25, 0.3) is 0 Å². The summed E-state index contributed by atoms with van der Waals surface area (Å²) in [5, 5.41) is 7.63. The molecule has 0 amide bonds. The van der Waals surface area contributed by atoms with Crippen LogP contribution in [0, 0.1) is 0 Å². The predicted octanol–water partition coefficient (Wildman–Crippen LogP) is 1.62. The normalized spacial score (nSPS) is 17.3. The Morgan fingerprint density at radius 2 is 2.33 bits per heavy atom. The van der Waals surface area contributed by atoms with Gasteiger partial charge >= 0.3 is 0 Å². The summed E-state index contributed by atoms with van der Waals surface area (Å²) in [7, 11) is 2.21. The van der Waals surface area contributed by atoms with Crippen LogP contribution < -0.4 is 5.32 Å². The minimum Gasteiger partial charge on any atom is -0.367 e. The molecule has 96 valence electrons. The first-order valence-electron chi connectivity index (χ1n) is 6.50. The molecule has 1 unspecified atom stereocenters. The number of hydrogen-bond acceptors (Lipinski definition) is 4. The summed E-state index contributed by atoms with van der Waals surface area (Å²) in [6.07, 6.45) is 8.12. The zero-order chi connectivity index (χ0) is 12.5. The Morgan fingerprint density at radius 1 is 1.50 bits per heavy atom. The van der Waals surface area contributed by atoms with Crippen LogP contribution in [0.4, 0.5) is 5.82 Å². The highest BCUT2D eigenvalue weighted by atomic mass is 15.2. The summed E-state index contributed by atoms with van der Waals surface area (Å²) in [6, 6.07) is 3.29. The molecule has 0 spiro atoms. The maximum Gasteiger partial charge on any atom is 0.152 e. The van der Waals surface area contributed by atoms with Gasteiger partial charge in [-0.2, -0.15) is 5.10 Å². The summed E-state index contributed by atoms with van der Waals surface area (Å²) in [5.41, 5.74) is 1.03. The minimum atomic E-state index is 0.516. The number of hydrogen-bond donors (Lipinski definition) is 1. The van der Waals surface area contributed by atoms with Crippen LogP contribution in [-0.2, 0) is 0 Å². The number of nitrogens with zero attached hydrogens (tertiary/aromatic N) is 4. The van der Waals surface area contributed by atoms with Crippen LogP contribution >= 0.6 is 0 Å². The van der Waals surface area contributed by atoms with Gasteiger partial charge in [-0.15, -0.1) is 0 Å². The van der Waals surface area contributed by atoms with E-state index in [9.17, 15) is 0 Å². The van der Waals surface area contributed by atoms with E-state index in [4.69, 9.17) is 0 Å². The molecular weight excluding hydrogens is 226 g/mol. The molecule has 1 aliphatic carbocycles. The van der Waals surface area contributed by atoms with Gasteiger partial charge in [0, 0.05) is 31.0 Å². The fraction of sp³-hybridized carbons (Fsp3) is 0.538. The maximum atomic E-state index is 4.38. The topological polar surface area (TPSA) is 45.5 Å². The number of anilines is 1. The Hall–Kier alpha value is -1.62. The van der Waals surface area contributed by atoms with Gasteiger partial charge < -0.3 is 5.32 Å². The second kappa shape index (κ2) is 4.57. The Labute approximate surface area is 107 Å². The van der Waals surface area contributed by atoms with Crippen LogP contribution in [-0.4, -0.2) is 45.2 Å². The van der Waals surface area contributed by atoms with Crippen LogP contribution in [0.5, 0.6) is 0 Å². The van der Waals surface area contributed by atoms with Gasteiger partial charge in [-0.3, -0.25) is 4.90 Å². The van der Waals surface area contributed by atoms with Gasteiger partial charge in [-0.25, -0.2) is 9.50 Å². The summed E-state index contributed by atoms with van der Waals surface area (Å²) in [6.45, 7) is 3.16. The third-order valence-electron chi connectivity index (χ3n) is 3.71. The lowest BCUT2D eigenvalue weighted by molar-refractivity contribution is 0.257. The quantitative estimate of drug-likeness (QED) is 0.869. The van der Waals surface area contributed by atoms with Crippen molar-refractivity contribution in [3.05, 3.63) is 24.7 Å². The highest BCUT2D eigenvalue weighted by molar-refractivity contribution is 5.66. The first kappa shape index (κ1) is 11.5. The average molecular weight is 245 g/mol. The lowest BCUT2D eigenvalue weighted by Gasteiger charge is -2.24. The second-order valence-corrected chi connectivity index (χ2v) is 5.06. The van der Waals surface area contributed by atoms with E-state index in [1.165, 1.54) is 12.8 Å². The monoisotopic (exact) mass is 245 g/mol. The molecule has 2 aromatic rings. The van der Waals surface area contributed by atoms with Gasteiger partial charge in [0.1, 0.15) is 5.52 Å². The van der Waals surface area contributed by atoms with Crippen molar-refractivity contribution >= 4 is 11.3 Å².